The molecule has 0 radical (unpaired) electrons. The summed E-state index contributed by atoms with van der Waals surface area (Å²) in [5, 5.41) is 0. The summed E-state index contributed by atoms with van der Waals surface area (Å²) in [5.74, 6) is 0. The van der Waals surface area contributed by atoms with Gasteiger partial charge in [-0.1, -0.05) is 12.1 Å². The van der Waals surface area contributed by atoms with E-state index in [2.05, 4.69) is 0 Å². The number of halogens is 1. The van der Waals surface area contributed by atoms with Crippen LogP contribution in [0.1, 0.15) is 0 Å². The summed E-state index contributed by atoms with van der Waals surface area (Å²) in [4.78, 5) is 0. The van der Waals surface area contributed by atoms with E-state index in [4.69, 9.17) is 11.5 Å². The molecule has 1 rings (SSSR count). The standard InChI is InChI=1S/C6H8N2.BrH.K/c7-5-3-1-2-4-6(5)8;;/h1-4H,7-8H2;1H;/q;;+1/p-1. The van der Waals surface area contributed by atoms with Crippen LogP contribution in [-0.4, -0.2) is 0 Å². The van der Waals surface area contributed by atoms with Gasteiger partial charge in [0.25, 0.3) is 0 Å². The van der Waals surface area contributed by atoms with Gasteiger partial charge in [-0.3, -0.25) is 0 Å². The maximum absolute atomic E-state index is 5.39. The number of nitrogens with two attached hydrogens (primary N) is 2. The van der Waals surface area contributed by atoms with Gasteiger partial charge in [0.1, 0.15) is 0 Å². The van der Waals surface area contributed by atoms with Crippen LogP contribution in [0.2, 0.25) is 0 Å². The predicted molar refractivity (Wildman–Crippen MR) is 35.3 cm³/mol. The molecule has 2 nitrogen and oxygen atoms in total. The molecule has 0 aromatic heterocycles. The molecule has 1 aromatic carbocycles. The Bertz CT molecular complexity index is 172. The first-order valence-corrected chi connectivity index (χ1v) is 2.40. The third kappa shape index (κ3) is 3.95. The van der Waals surface area contributed by atoms with Crippen molar-refractivity contribution in [2.75, 3.05) is 11.5 Å². The van der Waals surface area contributed by atoms with Gasteiger partial charge in [-0.05, 0) is 12.1 Å². The van der Waals surface area contributed by atoms with Crippen LogP contribution in [0.3, 0.4) is 0 Å². The van der Waals surface area contributed by atoms with Crippen molar-refractivity contribution in [3.8, 4) is 0 Å². The molecule has 0 aliphatic rings. The van der Waals surface area contributed by atoms with Gasteiger partial charge in [0, 0.05) is 0 Å². The van der Waals surface area contributed by atoms with Crippen molar-refractivity contribution in [1.29, 1.82) is 0 Å². The maximum Gasteiger partial charge on any atom is 1.00 e. The van der Waals surface area contributed by atoms with Gasteiger partial charge in [0.2, 0.25) is 0 Å². The molecular formula is C6H8BrKN2. The molecule has 4 heteroatoms. The SMILES string of the molecule is Nc1ccccc1N.[Br-].[K+]. The van der Waals surface area contributed by atoms with Crippen LogP contribution in [0.5, 0.6) is 0 Å². The number of anilines is 2. The van der Waals surface area contributed by atoms with E-state index in [1.807, 2.05) is 12.1 Å². The largest absolute Gasteiger partial charge is 1.00 e. The molecule has 0 aliphatic heterocycles. The molecule has 0 spiro atoms. The van der Waals surface area contributed by atoms with Gasteiger partial charge in [0.05, 0.1) is 11.4 Å². The normalized spacial score (nSPS) is 7.20. The average molecular weight is 227 g/mol. The fraction of sp³-hybridized carbons (Fsp3) is 0. The van der Waals surface area contributed by atoms with Crippen molar-refractivity contribution in [1.82, 2.24) is 0 Å². The molecule has 0 saturated heterocycles. The van der Waals surface area contributed by atoms with Gasteiger partial charge in [-0.2, -0.15) is 0 Å². The first kappa shape index (κ1) is 13.5. The minimum absolute atomic E-state index is 0. The van der Waals surface area contributed by atoms with Crippen molar-refractivity contribution in [2.24, 2.45) is 0 Å². The zero-order valence-electron chi connectivity index (χ0n) is 5.84. The van der Waals surface area contributed by atoms with Crippen LogP contribution in [0.15, 0.2) is 24.3 Å². The van der Waals surface area contributed by atoms with Crippen LogP contribution >= 0.6 is 0 Å². The summed E-state index contributed by atoms with van der Waals surface area (Å²) >= 11 is 0. The van der Waals surface area contributed by atoms with Crippen LogP contribution in [0.25, 0.3) is 0 Å². The van der Waals surface area contributed by atoms with Crippen molar-refractivity contribution < 1.29 is 68.4 Å². The van der Waals surface area contributed by atoms with E-state index >= 15 is 0 Å². The third-order valence-corrected chi connectivity index (χ3v) is 0.996. The second-order valence-electron chi connectivity index (χ2n) is 1.63. The van der Waals surface area contributed by atoms with E-state index in [1.54, 1.807) is 12.1 Å². The minimum atomic E-state index is 0. The van der Waals surface area contributed by atoms with Crippen molar-refractivity contribution >= 4 is 11.4 Å². The van der Waals surface area contributed by atoms with Gasteiger partial charge in [-0.15, -0.1) is 0 Å². The molecule has 50 valence electrons. The smallest absolute Gasteiger partial charge is 1.00 e. The molecule has 10 heavy (non-hydrogen) atoms. The van der Waals surface area contributed by atoms with Crippen LogP contribution in [0, 0.1) is 0 Å². The topological polar surface area (TPSA) is 52.0 Å². The number of hydrogen-bond acceptors (Lipinski definition) is 2. The molecular weight excluding hydrogens is 219 g/mol. The molecule has 0 fully saturated rings. The Labute approximate surface area is 114 Å². The Hall–Kier alpha value is 0.936. The van der Waals surface area contributed by atoms with E-state index in [-0.39, 0.29) is 68.4 Å². The van der Waals surface area contributed by atoms with Crippen molar-refractivity contribution in [2.45, 2.75) is 0 Å². The number of rotatable bonds is 0. The summed E-state index contributed by atoms with van der Waals surface area (Å²) < 4.78 is 0. The third-order valence-electron chi connectivity index (χ3n) is 0.996. The van der Waals surface area contributed by atoms with E-state index in [1.165, 1.54) is 0 Å². The molecule has 0 atom stereocenters. The molecule has 0 aliphatic carbocycles. The van der Waals surface area contributed by atoms with Gasteiger partial charge in [0.15, 0.2) is 0 Å². The number of hydrogen-bond donors (Lipinski definition) is 2. The quantitative estimate of drug-likeness (QED) is 0.344. The van der Waals surface area contributed by atoms with E-state index in [9.17, 15) is 0 Å². The summed E-state index contributed by atoms with van der Waals surface area (Å²) in [5.41, 5.74) is 12.1. The summed E-state index contributed by atoms with van der Waals surface area (Å²) in [6.07, 6.45) is 0. The van der Waals surface area contributed by atoms with Crippen LogP contribution in [-0.2, 0) is 0 Å². The number of benzene rings is 1. The van der Waals surface area contributed by atoms with Gasteiger partial charge < -0.3 is 28.4 Å². The molecule has 0 bridgehead atoms. The second-order valence-corrected chi connectivity index (χ2v) is 1.63. The van der Waals surface area contributed by atoms with E-state index in [0.29, 0.717) is 11.4 Å². The monoisotopic (exact) mass is 226 g/mol. The zero-order chi connectivity index (χ0) is 5.98. The molecule has 0 saturated carbocycles. The zero-order valence-corrected chi connectivity index (χ0v) is 10.6. The Morgan fingerprint density at radius 3 is 1.40 bits per heavy atom. The summed E-state index contributed by atoms with van der Waals surface area (Å²) in [6, 6.07) is 7.25. The Morgan fingerprint density at radius 2 is 1.20 bits per heavy atom. The number of nitrogen functional groups attached to an aromatic ring is 2. The second kappa shape index (κ2) is 6.63. The Morgan fingerprint density at radius 1 is 0.900 bits per heavy atom. The molecule has 1 aromatic rings. The predicted octanol–water partition coefficient (Wildman–Crippen LogP) is -5.14. The molecule has 0 heterocycles. The Balaban J connectivity index is 0. The van der Waals surface area contributed by atoms with Gasteiger partial charge >= 0.3 is 51.4 Å². The molecule has 0 unspecified atom stereocenters. The first-order valence-electron chi connectivity index (χ1n) is 2.40. The first-order chi connectivity index (χ1) is 3.80. The number of para-hydroxylation sites is 2. The summed E-state index contributed by atoms with van der Waals surface area (Å²) in [6.45, 7) is 0. The van der Waals surface area contributed by atoms with E-state index < -0.39 is 0 Å². The van der Waals surface area contributed by atoms with E-state index in [0.717, 1.165) is 0 Å². The maximum atomic E-state index is 5.39. The summed E-state index contributed by atoms with van der Waals surface area (Å²) in [7, 11) is 0. The molecule has 0 amide bonds. The fourth-order valence-electron chi connectivity index (χ4n) is 0.511. The van der Waals surface area contributed by atoms with Crippen LogP contribution < -0.4 is 79.8 Å². The fourth-order valence-corrected chi connectivity index (χ4v) is 0.511. The van der Waals surface area contributed by atoms with Gasteiger partial charge in [-0.25, -0.2) is 0 Å². The van der Waals surface area contributed by atoms with Crippen LogP contribution in [0.4, 0.5) is 11.4 Å². The van der Waals surface area contributed by atoms with Crippen molar-refractivity contribution in [3.63, 3.8) is 0 Å². The Kier molecular flexibility index (Phi) is 8.97. The molecule has 4 N–H and O–H groups in total. The average Bonchev–Trinajstić information content (AvgIpc) is 1.77. The van der Waals surface area contributed by atoms with Crippen molar-refractivity contribution in [3.05, 3.63) is 24.3 Å². The minimum Gasteiger partial charge on any atom is -1.00 e.